The zero-order valence-corrected chi connectivity index (χ0v) is 17.2. The molecule has 0 fully saturated rings. The fourth-order valence-electron chi connectivity index (χ4n) is 2.25. The average molecular weight is 436 g/mol. The number of thiazole rings is 1. The van der Waals surface area contributed by atoms with Gasteiger partial charge >= 0.3 is 0 Å². The highest BCUT2D eigenvalue weighted by molar-refractivity contribution is 7.98. The molecule has 0 radical (unpaired) electrons. The van der Waals surface area contributed by atoms with Crippen molar-refractivity contribution in [3.63, 3.8) is 0 Å². The van der Waals surface area contributed by atoms with Gasteiger partial charge in [0.1, 0.15) is 17.4 Å². The Morgan fingerprint density at radius 3 is 2.85 bits per heavy atom. The summed E-state index contributed by atoms with van der Waals surface area (Å²) in [6.45, 7) is 1.12. The molecule has 6 nitrogen and oxygen atoms in total. The van der Waals surface area contributed by atoms with Gasteiger partial charge in [0, 0.05) is 21.0 Å². The largest absolute Gasteiger partial charge is 0.486 e. The third kappa shape index (κ3) is 5.07. The summed E-state index contributed by atoms with van der Waals surface area (Å²) in [6, 6.07) is 11.4. The summed E-state index contributed by atoms with van der Waals surface area (Å²) in [5, 5.41) is 18.5. The Morgan fingerprint density at radius 2 is 2.04 bits per heavy atom. The van der Waals surface area contributed by atoms with Crippen LogP contribution < -0.4 is 4.74 Å². The van der Waals surface area contributed by atoms with E-state index in [1.807, 2.05) is 28.3 Å². The van der Waals surface area contributed by atoms with Crippen molar-refractivity contribution in [3.8, 4) is 5.75 Å². The zero-order chi connectivity index (χ0) is 18.5. The number of aromatic nitrogens is 5. The number of rotatable bonds is 8. The number of hydrogen-bond acceptors (Lipinski definition) is 8. The molecule has 10 heteroatoms. The Hall–Kier alpha value is -1.94. The number of benzene rings is 1. The summed E-state index contributed by atoms with van der Waals surface area (Å²) in [7, 11) is 0. The molecule has 0 spiro atoms. The highest BCUT2D eigenvalue weighted by atomic mass is 35.5. The van der Waals surface area contributed by atoms with Gasteiger partial charge in [0.15, 0.2) is 0 Å². The van der Waals surface area contributed by atoms with Gasteiger partial charge in [-0.2, -0.15) is 0 Å². The molecule has 0 unspecified atom stereocenters. The van der Waals surface area contributed by atoms with E-state index in [-0.39, 0.29) is 0 Å². The molecule has 0 atom stereocenters. The Labute approximate surface area is 173 Å². The van der Waals surface area contributed by atoms with E-state index in [1.165, 1.54) is 4.88 Å². The fraction of sp³-hybridized carbons (Fsp3) is 0.176. The maximum absolute atomic E-state index is 5.88. The molecular weight excluding hydrogens is 422 g/mol. The lowest BCUT2D eigenvalue weighted by Gasteiger charge is -2.03. The van der Waals surface area contributed by atoms with Gasteiger partial charge in [-0.25, -0.2) is 9.67 Å². The van der Waals surface area contributed by atoms with Gasteiger partial charge in [-0.1, -0.05) is 29.4 Å². The number of hydrogen-bond donors (Lipinski definition) is 0. The first-order chi connectivity index (χ1) is 13.3. The minimum Gasteiger partial charge on any atom is -0.486 e. The summed E-state index contributed by atoms with van der Waals surface area (Å²) in [4.78, 5) is 5.84. The minimum atomic E-state index is 0.438. The summed E-state index contributed by atoms with van der Waals surface area (Å²) in [5.74, 6) is 1.49. The lowest BCUT2D eigenvalue weighted by Crippen LogP contribution is -2.02. The van der Waals surface area contributed by atoms with Crippen molar-refractivity contribution in [2.45, 2.75) is 24.1 Å². The topological polar surface area (TPSA) is 65.7 Å². The van der Waals surface area contributed by atoms with Crippen molar-refractivity contribution in [3.05, 3.63) is 67.8 Å². The molecule has 0 saturated heterocycles. The number of halogens is 1. The number of ether oxygens (including phenoxy) is 1. The molecule has 138 valence electrons. The highest BCUT2D eigenvalue weighted by Gasteiger charge is 2.10. The van der Waals surface area contributed by atoms with Crippen LogP contribution in [0.5, 0.6) is 5.75 Å². The van der Waals surface area contributed by atoms with E-state index in [9.17, 15) is 0 Å². The maximum Gasteiger partial charge on any atom is 0.210 e. The van der Waals surface area contributed by atoms with Crippen LogP contribution in [0.25, 0.3) is 0 Å². The van der Waals surface area contributed by atoms with Gasteiger partial charge in [-0.05, 0) is 46.1 Å². The van der Waals surface area contributed by atoms with Crippen LogP contribution in [0.4, 0.5) is 0 Å². The monoisotopic (exact) mass is 435 g/mol. The SMILES string of the molecule is Clc1ccc(OCc2nc(CSc3nnnn3Cc3cccs3)cs2)cc1. The van der Waals surface area contributed by atoms with E-state index in [0.29, 0.717) is 23.9 Å². The van der Waals surface area contributed by atoms with Crippen molar-refractivity contribution in [1.82, 2.24) is 25.2 Å². The summed E-state index contributed by atoms with van der Waals surface area (Å²) in [5.41, 5.74) is 0.991. The second-order valence-electron chi connectivity index (χ2n) is 5.46. The first-order valence-electron chi connectivity index (χ1n) is 7.99. The van der Waals surface area contributed by atoms with E-state index in [0.717, 1.165) is 21.6 Å². The molecule has 0 aliphatic heterocycles. The number of thioether (sulfide) groups is 1. The number of thiophene rings is 1. The van der Waals surface area contributed by atoms with Crippen molar-refractivity contribution in [2.75, 3.05) is 0 Å². The van der Waals surface area contributed by atoms with Crippen LogP contribution in [-0.4, -0.2) is 25.2 Å². The molecule has 0 aliphatic carbocycles. The van der Waals surface area contributed by atoms with Crippen LogP contribution in [0.15, 0.2) is 52.3 Å². The van der Waals surface area contributed by atoms with Crippen molar-refractivity contribution < 1.29 is 4.74 Å². The fourth-order valence-corrected chi connectivity index (χ4v) is 4.64. The molecule has 0 aliphatic rings. The molecule has 1 aromatic carbocycles. The molecule has 3 heterocycles. The van der Waals surface area contributed by atoms with Crippen LogP contribution in [-0.2, 0) is 18.9 Å². The smallest absolute Gasteiger partial charge is 0.210 e. The molecule has 4 aromatic rings. The van der Waals surface area contributed by atoms with Gasteiger partial charge in [0.2, 0.25) is 5.16 Å². The summed E-state index contributed by atoms with van der Waals surface area (Å²) < 4.78 is 7.55. The predicted molar refractivity (Wildman–Crippen MR) is 109 cm³/mol. The van der Waals surface area contributed by atoms with E-state index in [1.54, 1.807) is 46.6 Å². The van der Waals surface area contributed by atoms with Crippen LogP contribution in [0, 0.1) is 0 Å². The van der Waals surface area contributed by atoms with Gasteiger partial charge in [-0.3, -0.25) is 0 Å². The molecule has 4 rings (SSSR count). The van der Waals surface area contributed by atoms with Gasteiger partial charge in [0.05, 0.1) is 12.2 Å². The quantitative estimate of drug-likeness (QED) is 0.371. The Kier molecular flexibility index (Phi) is 6.03. The molecule has 0 N–H and O–H groups in total. The standard InChI is InChI=1S/C17H14ClN5OS3/c18-12-3-5-14(6-4-12)24-9-16-19-13(10-26-16)11-27-17-20-21-22-23(17)8-15-2-1-7-25-15/h1-7,10H,8-9,11H2. The van der Waals surface area contributed by atoms with Gasteiger partial charge in [-0.15, -0.1) is 27.8 Å². The van der Waals surface area contributed by atoms with Crippen LogP contribution in [0.3, 0.4) is 0 Å². The van der Waals surface area contributed by atoms with Crippen molar-refractivity contribution in [2.24, 2.45) is 0 Å². The third-order valence-corrected chi connectivity index (χ3v) is 6.48. The normalized spacial score (nSPS) is 11.0. The maximum atomic E-state index is 5.88. The van der Waals surface area contributed by atoms with Gasteiger partial charge < -0.3 is 4.74 Å². The van der Waals surface area contributed by atoms with E-state index >= 15 is 0 Å². The second kappa shape index (κ2) is 8.83. The van der Waals surface area contributed by atoms with E-state index in [4.69, 9.17) is 16.3 Å². The predicted octanol–water partition coefficient (Wildman–Crippen LogP) is 4.76. The van der Waals surface area contributed by atoms with E-state index in [2.05, 4.69) is 32.0 Å². The van der Waals surface area contributed by atoms with Crippen LogP contribution >= 0.6 is 46.0 Å². The summed E-state index contributed by atoms with van der Waals surface area (Å²) >= 11 is 10.7. The lowest BCUT2D eigenvalue weighted by molar-refractivity contribution is 0.305. The van der Waals surface area contributed by atoms with Gasteiger partial charge in [0.25, 0.3) is 0 Å². The highest BCUT2D eigenvalue weighted by Crippen LogP contribution is 2.23. The van der Waals surface area contributed by atoms with Crippen molar-refractivity contribution in [1.29, 1.82) is 0 Å². The molecular formula is C17H14ClN5OS3. The molecule has 0 amide bonds. The van der Waals surface area contributed by atoms with Crippen LogP contribution in [0.2, 0.25) is 5.02 Å². The Bertz CT molecular complexity index is 984. The van der Waals surface area contributed by atoms with Crippen molar-refractivity contribution >= 4 is 46.0 Å². The third-order valence-electron chi connectivity index (χ3n) is 3.51. The molecule has 0 saturated carbocycles. The number of tetrazole rings is 1. The second-order valence-corrected chi connectivity index (χ2v) is 8.82. The Balaban J connectivity index is 1.31. The van der Waals surface area contributed by atoms with E-state index < -0.39 is 0 Å². The lowest BCUT2D eigenvalue weighted by atomic mass is 10.3. The molecule has 27 heavy (non-hydrogen) atoms. The average Bonchev–Trinajstić information content (AvgIpc) is 3.42. The number of nitrogens with zero attached hydrogens (tertiary/aromatic N) is 5. The summed E-state index contributed by atoms with van der Waals surface area (Å²) in [6.07, 6.45) is 0. The first-order valence-corrected chi connectivity index (χ1v) is 11.1. The molecule has 0 bridgehead atoms. The first kappa shape index (κ1) is 18.4. The van der Waals surface area contributed by atoms with Crippen LogP contribution in [0.1, 0.15) is 15.6 Å². The minimum absolute atomic E-state index is 0.438. The molecule has 3 aromatic heterocycles. The zero-order valence-electron chi connectivity index (χ0n) is 14.0. The Morgan fingerprint density at radius 1 is 1.15 bits per heavy atom.